The first-order valence-corrected chi connectivity index (χ1v) is 9.67. The van der Waals surface area contributed by atoms with Crippen molar-refractivity contribution in [2.75, 3.05) is 0 Å². The van der Waals surface area contributed by atoms with Gasteiger partial charge in [-0.15, -0.1) is 6.58 Å². The van der Waals surface area contributed by atoms with Crippen LogP contribution in [-0.2, 0) is 4.74 Å². The number of ether oxygens (including phenoxy) is 1. The van der Waals surface area contributed by atoms with Crippen LogP contribution in [-0.4, -0.2) is 12.2 Å². The van der Waals surface area contributed by atoms with Crippen LogP contribution < -0.4 is 0 Å². The number of halogens is 2. The highest BCUT2D eigenvalue weighted by Gasteiger charge is 2.62. The van der Waals surface area contributed by atoms with Crippen LogP contribution in [0.2, 0.25) is 0 Å². The van der Waals surface area contributed by atoms with Gasteiger partial charge in [-0.2, -0.15) is 8.78 Å². The molecule has 0 aromatic carbocycles. The van der Waals surface area contributed by atoms with E-state index in [9.17, 15) is 8.78 Å². The zero-order valence-corrected chi connectivity index (χ0v) is 14.5. The van der Waals surface area contributed by atoms with Gasteiger partial charge in [-0.3, -0.25) is 0 Å². The molecule has 0 radical (unpaired) electrons. The van der Waals surface area contributed by atoms with E-state index in [0.29, 0.717) is 11.8 Å². The van der Waals surface area contributed by atoms with Crippen LogP contribution in [0.3, 0.4) is 0 Å². The van der Waals surface area contributed by atoms with E-state index >= 15 is 0 Å². The number of alkyl halides is 2. The second kappa shape index (κ2) is 7.21. The predicted molar refractivity (Wildman–Crippen MR) is 89.3 cm³/mol. The van der Waals surface area contributed by atoms with Crippen LogP contribution in [0.25, 0.3) is 0 Å². The first-order chi connectivity index (χ1) is 11.0. The summed E-state index contributed by atoms with van der Waals surface area (Å²) < 4.78 is 33.4. The molecule has 0 bridgehead atoms. The Hall–Kier alpha value is -0.440. The van der Waals surface area contributed by atoms with Crippen LogP contribution in [0.4, 0.5) is 8.78 Å². The lowest BCUT2D eigenvalue weighted by molar-refractivity contribution is -0.418. The van der Waals surface area contributed by atoms with Gasteiger partial charge in [-0.05, 0) is 62.2 Å². The van der Waals surface area contributed by atoms with E-state index < -0.39 is 12.0 Å². The van der Waals surface area contributed by atoms with Gasteiger partial charge >= 0.3 is 6.11 Å². The molecular weight excluding hydrogens is 294 g/mol. The van der Waals surface area contributed by atoms with Gasteiger partial charge in [0.25, 0.3) is 0 Å². The van der Waals surface area contributed by atoms with E-state index in [1.165, 1.54) is 19.3 Å². The molecular formula is C20H32F2O. The molecule has 0 spiro atoms. The van der Waals surface area contributed by atoms with Crippen molar-refractivity contribution >= 4 is 0 Å². The Balaban J connectivity index is 1.55. The van der Waals surface area contributed by atoms with Crippen molar-refractivity contribution in [2.24, 2.45) is 29.6 Å². The molecule has 0 N–H and O–H groups in total. The third-order valence-electron chi connectivity index (χ3n) is 6.74. The van der Waals surface area contributed by atoms with Gasteiger partial charge in [0.2, 0.25) is 0 Å². The monoisotopic (exact) mass is 326 g/mol. The highest BCUT2D eigenvalue weighted by molar-refractivity contribution is 4.98. The van der Waals surface area contributed by atoms with Gasteiger partial charge in [-0.1, -0.05) is 38.7 Å². The molecule has 3 heteroatoms. The van der Waals surface area contributed by atoms with Crippen LogP contribution in [0.5, 0.6) is 0 Å². The van der Waals surface area contributed by atoms with Crippen LogP contribution >= 0.6 is 0 Å². The van der Waals surface area contributed by atoms with Crippen molar-refractivity contribution in [1.29, 1.82) is 0 Å². The fourth-order valence-corrected chi connectivity index (χ4v) is 5.19. The normalized spacial score (nSPS) is 43.6. The number of allylic oxidation sites excluding steroid dienone is 1. The molecule has 3 rings (SSSR count). The zero-order chi connectivity index (χ0) is 16.4. The minimum absolute atomic E-state index is 0.170. The molecule has 3 aliphatic rings. The second-order valence-electron chi connectivity index (χ2n) is 8.34. The SMILES string of the molecule is C=CCC[C@H]1CC[C@H]([C@H]2[C@H](C3CCC(C)CC3)OC2(F)F)CC1. The van der Waals surface area contributed by atoms with E-state index in [0.717, 1.165) is 50.9 Å². The minimum Gasteiger partial charge on any atom is -0.316 e. The van der Waals surface area contributed by atoms with Gasteiger partial charge in [-0.25, -0.2) is 0 Å². The molecule has 23 heavy (non-hydrogen) atoms. The summed E-state index contributed by atoms with van der Waals surface area (Å²) in [5.41, 5.74) is 0. The fraction of sp³-hybridized carbons (Fsp3) is 0.900. The van der Waals surface area contributed by atoms with Crippen LogP contribution in [0.1, 0.15) is 71.1 Å². The molecule has 2 aliphatic carbocycles. The molecule has 1 aliphatic heterocycles. The fourth-order valence-electron chi connectivity index (χ4n) is 5.19. The summed E-state index contributed by atoms with van der Waals surface area (Å²) in [7, 11) is 0. The molecule has 1 saturated heterocycles. The molecule has 0 unspecified atom stereocenters. The second-order valence-corrected chi connectivity index (χ2v) is 8.34. The first-order valence-electron chi connectivity index (χ1n) is 9.67. The molecule has 0 aromatic heterocycles. The maximum Gasteiger partial charge on any atom is 0.361 e. The Morgan fingerprint density at radius 1 is 1.00 bits per heavy atom. The summed E-state index contributed by atoms with van der Waals surface area (Å²) >= 11 is 0. The Morgan fingerprint density at radius 2 is 1.61 bits per heavy atom. The Bertz CT molecular complexity index is 392. The lowest BCUT2D eigenvalue weighted by Crippen LogP contribution is -2.61. The molecule has 2 saturated carbocycles. The Kier molecular flexibility index (Phi) is 5.45. The quantitative estimate of drug-likeness (QED) is 0.547. The van der Waals surface area contributed by atoms with E-state index in [2.05, 4.69) is 13.5 Å². The van der Waals surface area contributed by atoms with Crippen molar-refractivity contribution in [1.82, 2.24) is 0 Å². The van der Waals surface area contributed by atoms with Gasteiger partial charge in [0.1, 0.15) is 0 Å². The molecule has 2 atom stereocenters. The Morgan fingerprint density at radius 3 is 2.17 bits per heavy atom. The van der Waals surface area contributed by atoms with E-state index in [1.807, 2.05) is 6.08 Å². The van der Waals surface area contributed by atoms with Crippen molar-refractivity contribution in [3.8, 4) is 0 Å². The molecule has 3 fully saturated rings. The number of hydrogen-bond acceptors (Lipinski definition) is 1. The van der Waals surface area contributed by atoms with E-state index in [4.69, 9.17) is 4.74 Å². The van der Waals surface area contributed by atoms with Gasteiger partial charge in [0.05, 0.1) is 12.0 Å². The van der Waals surface area contributed by atoms with Crippen molar-refractivity contribution in [3.05, 3.63) is 12.7 Å². The number of hydrogen-bond donors (Lipinski definition) is 0. The first kappa shape index (κ1) is 17.4. The largest absolute Gasteiger partial charge is 0.361 e. The lowest BCUT2D eigenvalue weighted by Gasteiger charge is -2.53. The van der Waals surface area contributed by atoms with Crippen LogP contribution in [0, 0.1) is 29.6 Å². The smallest absolute Gasteiger partial charge is 0.316 e. The zero-order valence-electron chi connectivity index (χ0n) is 14.5. The van der Waals surface area contributed by atoms with Crippen molar-refractivity contribution in [3.63, 3.8) is 0 Å². The van der Waals surface area contributed by atoms with Crippen molar-refractivity contribution < 1.29 is 13.5 Å². The Labute approximate surface area is 139 Å². The molecule has 132 valence electrons. The maximum absolute atomic E-state index is 14.1. The predicted octanol–water partition coefficient (Wildman–Crippen LogP) is 6.19. The summed E-state index contributed by atoms with van der Waals surface area (Å²) in [4.78, 5) is 0. The number of rotatable bonds is 5. The highest BCUT2D eigenvalue weighted by Crippen LogP contribution is 2.55. The van der Waals surface area contributed by atoms with Gasteiger partial charge in [0, 0.05) is 0 Å². The maximum atomic E-state index is 14.1. The average Bonchev–Trinajstić information content (AvgIpc) is 2.53. The summed E-state index contributed by atoms with van der Waals surface area (Å²) in [6, 6.07) is 0. The minimum atomic E-state index is -2.87. The standard InChI is InChI=1S/C20H32F2O/c1-3-4-5-15-8-12-16(13-9-15)18-19(23-20(18,21)22)17-10-6-14(2)7-11-17/h3,14-19H,1,4-13H2,2H3/t14?,15-,16-,17?,18-,19-/m0/s1. The van der Waals surface area contributed by atoms with Crippen molar-refractivity contribution in [2.45, 2.75) is 83.3 Å². The average molecular weight is 326 g/mol. The molecule has 1 nitrogen and oxygen atoms in total. The van der Waals surface area contributed by atoms with Gasteiger partial charge < -0.3 is 4.74 Å². The van der Waals surface area contributed by atoms with E-state index in [-0.39, 0.29) is 12.0 Å². The summed E-state index contributed by atoms with van der Waals surface area (Å²) in [6.45, 7) is 6.05. The van der Waals surface area contributed by atoms with E-state index in [1.54, 1.807) is 0 Å². The van der Waals surface area contributed by atoms with Crippen LogP contribution in [0.15, 0.2) is 12.7 Å². The third-order valence-corrected chi connectivity index (χ3v) is 6.74. The third kappa shape index (κ3) is 3.81. The highest BCUT2D eigenvalue weighted by atomic mass is 19.3. The van der Waals surface area contributed by atoms with Gasteiger partial charge in [0.15, 0.2) is 0 Å². The molecule has 0 amide bonds. The topological polar surface area (TPSA) is 9.23 Å². The summed E-state index contributed by atoms with van der Waals surface area (Å²) in [5, 5.41) is 0. The summed E-state index contributed by atoms with van der Waals surface area (Å²) in [6.07, 6.45) is 9.82. The lowest BCUT2D eigenvalue weighted by atomic mass is 9.66. The summed E-state index contributed by atoms with van der Waals surface area (Å²) in [5.74, 6) is 1.50. The molecule has 1 heterocycles. The molecule has 0 aromatic rings.